The van der Waals surface area contributed by atoms with Crippen LogP contribution >= 0.6 is 15.9 Å². The summed E-state index contributed by atoms with van der Waals surface area (Å²) < 4.78 is 0.997. The van der Waals surface area contributed by atoms with Gasteiger partial charge in [0.15, 0.2) is 0 Å². The molecule has 1 saturated heterocycles. The maximum Gasteiger partial charge on any atom is 0.253 e. The number of nitrogens with one attached hydrogen (secondary N) is 1. The number of hydrogen-bond donors (Lipinski definition) is 2. The molecule has 2 N–H and O–H groups in total. The number of amides is 1. The van der Waals surface area contributed by atoms with Crippen LogP contribution < -0.4 is 10.2 Å². The maximum atomic E-state index is 13.6. The quantitative estimate of drug-likeness (QED) is 0.718. The molecule has 4 rings (SSSR count). The summed E-state index contributed by atoms with van der Waals surface area (Å²) in [4.78, 5) is 15.5. The van der Waals surface area contributed by atoms with Crippen molar-refractivity contribution in [2.75, 3.05) is 16.8 Å². The van der Waals surface area contributed by atoms with Crippen LogP contribution in [-0.2, 0) is 11.2 Å². The molecule has 2 unspecified atom stereocenters. The van der Waals surface area contributed by atoms with Gasteiger partial charge < -0.3 is 15.3 Å². The molecule has 2 heterocycles. The molecular formula is C21H23BrN2O2. The Morgan fingerprint density at radius 3 is 2.54 bits per heavy atom. The smallest absolute Gasteiger partial charge is 0.253 e. The van der Waals surface area contributed by atoms with Gasteiger partial charge in [-0.05, 0) is 41.3 Å². The minimum absolute atomic E-state index is 0.0448. The van der Waals surface area contributed by atoms with E-state index in [1.165, 1.54) is 0 Å². The van der Waals surface area contributed by atoms with Crippen molar-refractivity contribution in [3.63, 3.8) is 0 Å². The number of anilines is 2. The van der Waals surface area contributed by atoms with Crippen molar-refractivity contribution < 1.29 is 9.90 Å². The molecule has 1 spiro atoms. The Labute approximate surface area is 162 Å². The van der Waals surface area contributed by atoms with E-state index in [-0.39, 0.29) is 23.0 Å². The lowest BCUT2D eigenvalue weighted by molar-refractivity contribution is -0.122. The minimum Gasteiger partial charge on any atom is -0.508 e. The molecular weight excluding hydrogens is 392 g/mol. The lowest BCUT2D eigenvalue weighted by Crippen LogP contribution is -2.52. The Hall–Kier alpha value is -2.01. The Kier molecular flexibility index (Phi) is 3.85. The Morgan fingerprint density at radius 2 is 1.88 bits per heavy atom. The predicted octanol–water partition coefficient (Wildman–Crippen LogP) is 4.57. The van der Waals surface area contributed by atoms with Crippen LogP contribution in [0, 0.1) is 11.3 Å². The number of fused-ring (bicyclic) bond motifs is 1. The number of nitrogens with zero attached hydrogens (tertiary/aromatic N) is 1. The molecule has 2 aromatic carbocycles. The van der Waals surface area contributed by atoms with Crippen LogP contribution in [0.2, 0.25) is 0 Å². The topological polar surface area (TPSA) is 52.6 Å². The number of carbonyl (C=O) groups is 1. The third-order valence-corrected chi connectivity index (χ3v) is 6.22. The van der Waals surface area contributed by atoms with Gasteiger partial charge in [-0.25, -0.2) is 0 Å². The Bertz CT molecular complexity index is 873. The zero-order chi connectivity index (χ0) is 18.7. The monoisotopic (exact) mass is 414 g/mol. The molecule has 2 aromatic rings. The average molecular weight is 415 g/mol. The number of rotatable bonds is 1. The molecule has 0 radical (unpaired) electrons. The van der Waals surface area contributed by atoms with Crippen LogP contribution in [0.4, 0.5) is 11.4 Å². The standard InChI is InChI=1S/C21H23BrN2O2/c1-20(2,3)18-12-24(15-7-5-14(22)6-8-15)19(26)21(18)11-13-4-9-16(25)10-17(13)23-21/h4-10,18,23,25H,11-12H2,1-3H3. The largest absolute Gasteiger partial charge is 0.508 e. The van der Waals surface area contributed by atoms with Crippen molar-refractivity contribution in [1.29, 1.82) is 0 Å². The molecule has 0 aliphatic carbocycles. The van der Waals surface area contributed by atoms with Gasteiger partial charge in [0.05, 0.1) is 0 Å². The second-order valence-corrected chi connectivity index (χ2v) is 9.34. The number of halogens is 1. The summed E-state index contributed by atoms with van der Waals surface area (Å²) in [6.07, 6.45) is 0.649. The SMILES string of the molecule is CC(C)(C)C1CN(c2ccc(Br)cc2)C(=O)C12Cc1ccc(O)cc1N2. The first kappa shape index (κ1) is 17.4. The van der Waals surface area contributed by atoms with Crippen molar-refractivity contribution in [2.45, 2.75) is 32.7 Å². The fraction of sp³-hybridized carbons (Fsp3) is 0.381. The highest BCUT2D eigenvalue weighted by atomic mass is 79.9. The van der Waals surface area contributed by atoms with Gasteiger partial charge in [0, 0.05) is 40.8 Å². The fourth-order valence-electron chi connectivity index (χ4n) is 4.43. The summed E-state index contributed by atoms with van der Waals surface area (Å²) in [7, 11) is 0. The van der Waals surface area contributed by atoms with Gasteiger partial charge in [0.2, 0.25) is 0 Å². The molecule has 5 heteroatoms. The van der Waals surface area contributed by atoms with E-state index < -0.39 is 5.54 Å². The van der Waals surface area contributed by atoms with Gasteiger partial charge in [0.1, 0.15) is 11.3 Å². The molecule has 26 heavy (non-hydrogen) atoms. The second kappa shape index (κ2) is 5.74. The lowest BCUT2D eigenvalue weighted by Gasteiger charge is -2.37. The molecule has 1 fully saturated rings. The van der Waals surface area contributed by atoms with E-state index in [1.54, 1.807) is 12.1 Å². The fourth-order valence-corrected chi connectivity index (χ4v) is 4.69. The van der Waals surface area contributed by atoms with Gasteiger partial charge in [-0.3, -0.25) is 4.79 Å². The molecule has 2 atom stereocenters. The van der Waals surface area contributed by atoms with Crippen molar-refractivity contribution in [2.24, 2.45) is 11.3 Å². The zero-order valence-electron chi connectivity index (χ0n) is 15.2. The van der Waals surface area contributed by atoms with E-state index in [0.717, 1.165) is 21.4 Å². The van der Waals surface area contributed by atoms with E-state index in [1.807, 2.05) is 35.2 Å². The van der Waals surface area contributed by atoms with Crippen molar-refractivity contribution >= 4 is 33.2 Å². The highest BCUT2D eigenvalue weighted by Crippen LogP contribution is 2.50. The highest BCUT2D eigenvalue weighted by Gasteiger charge is 2.60. The molecule has 0 bridgehead atoms. The minimum atomic E-state index is -0.665. The van der Waals surface area contributed by atoms with Crippen LogP contribution in [0.5, 0.6) is 5.75 Å². The Morgan fingerprint density at radius 1 is 1.19 bits per heavy atom. The highest BCUT2D eigenvalue weighted by molar-refractivity contribution is 9.10. The number of phenols is 1. The maximum absolute atomic E-state index is 13.6. The predicted molar refractivity (Wildman–Crippen MR) is 108 cm³/mol. The van der Waals surface area contributed by atoms with Crippen LogP contribution in [0.15, 0.2) is 46.9 Å². The molecule has 0 aromatic heterocycles. The third-order valence-electron chi connectivity index (χ3n) is 5.69. The molecule has 0 saturated carbocycles. The number of benzene rings is 2. The molecule has 1 amide bonds. The van der Waals surface area contributed by atoms with Crippen LogP contribution in [0.3, 0.4) is 0 Å². The summed E-state index contributed by atoms with van der Waals surface area (Å²) in [6.45, 7) is 7.26. The molecule has 2 aliphatic rings. The van der Waals surface area contributed by atoms with E-state index >= 15 is 0 Å². The number of carbonyl (C=O) groups excluding carboxylic acids is 1. The van der Waals surface area contributed by atoms with Crippen molar-refractivity contribution in [3.8, 4) is 5.75 Å². The van der Waals surface area contributed by atoms with Gasteiger partial charge in [-0.1, -0.05) is 42.8 Å². The van der Waals surface area contributed by atoms with Gasteiger partial charge in [-0.2, -0.15) is 0 Å². The number of hydrogen-bond acceptors (Lipinski definition) is 3. The third kappa shape index (κ3) is 2.60. The normalized spacial score (nSPS) is 24.8. The number of aromatic hydroxyl groups is 1. The first-order valence-corrected chi connectivity index (χ1v) is 9.68. The summed E-state index contributed by atoms with van der Waals surface area (Å²) in [5.74, 6) is 0.465. The van der Waals surface area contributed by atoms with Gasteiger partial charge >= 0.3 is 0 Å². The van der Waals surface area contributed by atoms with Gasteiger partial charge in [0.25, 0.3) is 5.91 Å². The summed E-state index contributed by atoms with van der Waals surface area (Å²) >= 11 is 3.46. The van der Waals surface area contributed by atoms with Crippen LogP contribution in [-0.4, -0.2) is 23.1 Å². The summed E-state index contributed by atoms with van der Waals surface area (Å²) in [5, 5.41) is 13.3. The van der Waals surface area contributed by atoms with E-state index in [9.17, 15) is 9.90 Å². The van der Waals surface area contributed by atoms with Gasteiger partial charge in [-0.15, -0.1) is 0 Å². The number of phenolic OH excluding ortho intramolecular Hbond substituents is 1. The summed E-state index contributed by atoms with van der Waals surface area (Å²) in [6, 6.07) is 13.2. The molecule has 2 aliphatic heterocycles. The lowest BCUT2D eigenvalue weighted by atomic mass is 9.69. The molecule has 4 nitrogen and oxygen atoms in total. The van der Waals surface area contributed by atoms with Crippen molar-refractivity contribution in [1.82, 2.24) is 0 Å². The van der Waals surface area contributed by atoms with E-state index in [4.69, 9.17) is 0 Å². The van der Waals surface area contributed by atoms with Crippen LogP contribution in [0.1, 0.15) is 26.3 Å². The summed E-state index contributed by atoms with van der Waals surface area (Å²) in [5.41, 5.74) is 2.16. The second-order valence-electron chi connectivity index (χ2n) is 8.43. The van der Waals surface area contributed by atoms with E-state index in [2.05, 4.69) is 42.0 Å². The molecule has 136 valence electrons. The average Bonchev–Trinajstić information content (AvgIpc) is 3.07. The van der Waals surface area contributed by atoms with Crippen molar-refractivity contribution in [3.05, 3.63) is 52.5 Å². The van der Waals surface area contributed by atoms with E-state index in [0.29, 0.717) is 13.0 Å². The van der Waals surface area contributed by atoms with Crippen LogP contribution in [0.25, 0.3) is 0 Å². The first-order valence-electron chi connectivity index (χ1n) is 8.88. The first-order chi connectivity index (χ1) is 12.2. The zero-order valence-corrected chi connectivity index (χ0v) is 16.8. The Balaban J connectivity index is 1.77.